The van der Waals surface area contributed by atoms with E-state index in [0.29, 0.717) is 13.1 Å². The molecule has 0 bridgehead atoms. The molecule has 1 aromatic carbocycles. The van der Waals surface area contributed by atoms with E-state index in [1.165, 1.54) is 0 Å². The van der Waals surface area contributed by atoms with E-state index in [0.717, 1.165) is 22.5 Å². The molecular formula is C10H13ClFN3O4S. The molecular weight excluding hydrogens is 313 g/mol. The molecule has 1 N–H and O–H groups in total. The number of nitrogens with zero attached hydrogens (tertiary/aromatic N) is 2. The first-order valence-corrected chi connectivity index (χ1v) is 7.02. The molecule has 1 heterocycles. The second-order valence-corrected chi connectivity index (χ2v) is 5.87. The van der Waals surface area contributed by atoms with Crippen LogP contribution in [0, 0.1) is 15.9 Å². The van der Waals surface area contributed by atoms with Gasteiger partial charge in [-0.05, 0) is 6.07 Å². The Hall–Kier alpha value is -1.29. The van der Waals surface area contributed by atoms with E-state index in [1.54, 1.807) is 0 Å². The number of hydrogen-bond donors (Lipinski definition) is 1. The third kappa shape index (κ3) is 3.06. The molecule has 0 unspecified atom stereocenters. The van der Waals surface area contributed by atoms with Gasteiger partial charge in [-0.3, -0.25) is 10.1 Å². The van der Waals surface area contributed by atoms with Gasteiger partial charge in [0.25, 0.3) is 15.7 Å². The number of piperazine rings is 1. The highest BCUT2D eigenvalue weighted by atomic mass is 35.5. The molecule has 0 aromatic heterocycles. The summed E-state index contributed by atoms with van der Waals surface area (Å²) >= 11 is 0. The van der Waals surface area contributed by atoms with Crippen LogP contribution in [-0.2, 0) is 10.0 Å². The van der Waals surface area contributed by atoms with E-state index >= 15 is 0 Å². The van der Waals surface area contributed by atoms with Crippen molar-refractivity contribution in [2.45, 2.75) is 4.90 Å². The first-order chi connectivity index (χ1) is 8.94. The van der Waals surface area contributed by atoms with Crippen LogP contribution in [0.5, 0.6) is 0 Å². The van der Waals surface area contributed by atoms with Crippen LogP contribution in [0.2, 0.25) is 0 Å². The summed E-state index contributed by atoms with van der Waals surface area (Å²) in [5, 5.41) is 13.8. The van der Waals surface area contributed by atoms with Gasteiger partial charge in [0.05, 0.1) is 4.92 Å². The monoisotopic (exact) mass is 325 g/mol. The SMILES string of the molecule is Cl.O=[N+]([O-])c1cccc(F)c1S(=O)(=O)N1CCNCC1. The Morgan fingerprint density at radius 2 is 1.90 bits per heavy atom. The van der Waals surface area contributed by atoms with E-state index in [1.807, 2.05) is 0 Å². The standard InChI is InChI=1S/C10H12FN3O4S.ClH/c11-8-2-1-3-9(14(15)16)10(8)19(17,18)13-6-4-12-5-7-13;/h1-3,12H,4-7H2;1H. The van der Waals surface area contributed by atoms with Gasteiger partial charge in [0.2, 0.25) is 0 Å². The largest absolute Gasteiger partial charge is 0.314 e. The highest BCUT2D eigenvalue weighted by Gasteiger charge is 2.35. The van der Waals surface area contributed by atoms with Crippen molar-refractivity contribution in [3.8, 4) is 0 Å². The molecule has 0 atom stereocenters. The molecule has 0 spiro atoms. The molecule has 7 nitrogen and oxygen atoms in total. The van der Waals surface area contributed by atoms with Gasteiger partial charge < -0.3 is 5.32 Å². The minimum atomic E-state index is -4.19. The number of nitrogens with one attached hydrogen (secondary N) is 1. The molecule has 1 saturated heterocycles. The number of halogens is 2. The average molecular weight is 326 g/mol. The summed E-state index contributed by atoms with van der Waals surface area (Å²) in [4.78, 5) is 9.10. The summed E-state index contributed by atoms with van der Waals surface area (Å²) in [5.41, 5.74) is -0.737. The van der Waals surface area contributed by atoms with Crippen molar-refractivity contribution in [3.05, 3.63) is 34.1 Å². The molecule has 2 rings (SSSR count). The number of hydrogen-bond acceptors (Lipinski definition) is 5. The van der Waals surface area contributed by atoms with Crippen molar-refractivity contribution in [2.75, 3.05) is 26.2 Å². The predicted octanol–water partition coefficient (Wildman–Crippen LogP) is 0.750. The molecule has 20 heavy (non-hydrogen) atoms. The summed E-state index contributed by atoms with van der Waals surface area (Å²) in [6, 6.07) is 3.00. The molecule has 0 radical (unpaired) electrons. The van der Waals surface area contributed by atoms with Gasteiger partial charge >= 0.3 is 0 Å². The Labute approximate surface area is 121 Å². The minimum Gasteiger partial charge on any atom is -0.314 e. The van der Waals surface area contributed by atoms with E-state index in [4.69, 9.17) is 0 Å². The van der Waals surface area contributed by atoms with Gasteiger partial charge in [0, 0.05) is 32.2 Å². The second kappa shape index (κ2) is 6.44. The quantitative estimate of drug-likeness (QED) is 0.654. The van der Waals surface area contributed by atoms with Gasteiger partial charge in [-0.15, -0.1) is 12.4 Å². The van der Waals surface area contributed by atoms with Crippen molar-refractivity contribution < 1.29 is 17.7 Å². The summed E-state index contributed by atoms with van der Waals surface area (Å²) in [7, 11) is -4.19. The lowest BCUT2D eigenvalue weighted by Gasteiger charge is -2.26. The van der Waals surface area contributed by atoms with Crippen molar-refractivity contribution in [1.82, 2.24) is 9.62 Å². The topological polar surface area (TPSA) is 92.5 Å². The molecule has 112 valence electrons. The fraction of sp³-hybridized carbons (Fsp3) is 0.400. The third-order valence-electron chi connectivity index (χ3n) is 2.82. The van der Waals surface area contributed by atoms with Gasteiger partial charge in [0.15, 0.2) is 4.90 Å². The number of rotatable bonds is 3. The predicted molar refractivity (Wildman–Crippen MR) is 71.9 cm³/mol. The molecule has 0 saturated carbocycles. The zero-order chi connectivity index (χ0) is 14.0. The first-order valence-electron chi connectivity index (χ1n) is 5.58. The van der Waals surface area contributed by atoms with Crippen LogP contribution in [0.25, 0.3) is 0 Å². The molecule has 1 aromatic rings. The molecule has 1 aliphatic heterocycles. The Balaban J connectivity index is 0.00000200. The number of sulfonamides is 1. The Bertz CT molecular complexity index is 605. The first kappa shape index (κ1) is 16.8. The zero-order valence-corrected chi connectivity index (χ0v) is 11.9. The molecule has 0 aliphatic carbocycles. The van der Waals surface area contributed by atoms with Crippen molar-refractivity contribution in [1.29, 1.82) is 0 Å². The van der Waals surface area contributed by atoms with E-state index in [-0.39, 0.29) is 25.5 Å². The summed E-state index contributed by atoms with van der Waals surface area (Å²) in [6.45, 7) is 1.19. The zero-order valence-electron chi connectivity index (χ0n) is 10.3. The van der Waals surface area contributed by atoms with Crippen LogP contribution in [0.1, 0.15) is 0 Å². The van der Waals surface area contributed by atoms with Crippen LogP contribution in [0.15, 0.2) is 23.1 Å². The van der Waals surface area contributed by atoms with Crippen LogP contribution < -0.4 is 5.32 Å². The molecule has 1 fully saturated rings. The molecule has 10 heteroatoms. The maximum absolute atomic E-state index is 13.7. The maximum atomic E-state index is 13.7. The van der Waals surface area contributed by atoms with Gasteiger partial charge in [-0.1, -0.05) is 6.07 Å². The van der Waals surface area contributed by atoms with Crippen LogP contribution >= 0.6 is 12.4 Å². The van der Waals surface area contributed by atoms with Gasteiger partial charge in [0.1, 0.15) is 5.82 Å². The Morgan fingerprint density at radius 3 is 2.45 bits per heavy atom. The smallest absolute Gasteiger partial charge is 0.292 e. The fourth-order valence-corrected chi connectivity index (χ4v) is 3.55. The number of benzene rings is 1. The van der Waals surface area contributed by atoms with Gasteiger partial charge in [-0.2, -0.15) is 4.31 Å². The summed E-state index contributed by atoms with van der Waals surface area (Å²) in [6.07, 6.45) is 0. The lowest BCUT2D eigenvalue weighted by Crippen LogP contribution is -2.46. The van der Waals surface area contributed by atoms with E-state index < -0.39 is 31.3 Å². The van der Waals surface area contributed by atoms with Crippen molar-refractivity contribution in [2.24, 2.45) is 0 Å². The minimum absolute atomic E-state index is 0. The summed E-state index contributed by atoms with van der Waals surface area (Å²) in [5.74, 6) is -1.10. The van der Waals surface area contributed by atoms with Gasteiger partial charge in [-0.25, -0.2) is 12.8 Å². The maximum Gasteiger partial charge on any atom is 0.292 e. The molecule has 0 amide bonds. The highest BCUT2D eigenvalue weighted by molar-refractivity contribution is 7.89. The fourth-order valence-electron chi connectivity index (χ4n) is 1.91. The Morgan fingerprint density at radius 1 is 1.30 bits per heavy atom. The lowest BCUT2D eigenvalue weighted by molar-refractivity contribution is -0.388. The van der Waals surface area contributed by atoms with Crippen LogP contribution in [-0.4, -0.2) is 43.8 Å². The summed E-state index contributed by atoms with van der Waals surface area (Å²) < 4.78 is 39.4. The number of nitro groups is 1. The second-order valence-electron chi connectivity index (χ2n) is 4.00. The van der Waals surface area contributed by atoms with Crippen LogP contribution in [0.3, 0.4) is 0 Å². The van der Waals surface area contributed by atoms with E-state index in [2.05, 4.69) is 5.32 Å². The average Bonchev–Trinajstić information content (AvgIpc) is 2.39. The van der Waals surface area contributed by atoms with E-state index in [9.17, 15) is 22.9 Å². The Kier molecular flexibility index (Phi) is 5.40. The van der Waals surface area contributed by atoms with Crippen molar-refractivity contribution in [3.63, 3.8) is 0 Å². The normalized spacial score (nSPS) is 16.4. The highest BCUT2D eigenvalue weighted by Crippen LogP contribution is 2.29. The molecule has 1 aliphatic rings. The number of nitro benzene ring substituents is 1. The van der Waals surface area contributed by atoms with Crippen molar-refractivity contribution >= 4 is 28.1 Å². The van der Waals surface area contributed by atoms with Crippen LogP contribution in [0.4, 0.5) is 10.1 Å². The third-order valence-corrected chi connectivity index (χ3v) is 4.78. The lowest BCUT2D eigenvalue weighted by atomic mass is 10.3.